The molecule has 2 atom stereocenters. The van der Waals surface area contributed by atoms with Crippen LogP contribution in [0.5, 0.6) is 0 Å². The number of hydrogen-bond donors (Lipinski definition) is 0. The van der Waals surface area contributed by atoms with Gasteiger partial charge in [0.2, 0.25) is 0 Å². The fraction of sp³-hybridized carbons (Fsp3) is 0.192. The van der Waals surface area contributed by atoms with E-state index in [9.17, 15) is 13.2 Å². The maximum Gasteiger partial charge on any atom is 0.338 e. The van der Waals surface area contributed by atoms with E-state index >= 15 is 0 Å². The van der Waals surface area contributed by atoms with Gasteiger partial charge in [-0.1, -0.05) is 72.8 Å². The van der Waals surface area contributed by atoms with E-state index < -0.39 is 27.2 Å². The van der Waals surface area contributed by atoms with Crippen LogP contribution in [0.2, 0.25) is 0 Å². The molecule has 0 bridgehead atoms. The summed E-state index contributed by atoms with van der Waals surface area (Å²) in [6.45, 7) is 3.73. The fourth-order valence-electron chi connectivity index (χ4n) is 3.48. The molecule has 0 aliphatic carbocycles. The molecule has 0 saturated heterocycles. The Morgan fingerprint density at radius 2 is 1.42 bits per heavy atom. The van der Waals surface area contributed by atoms with Gasteiger partial charge in [-0.2, -0.15) is 0 Å². The molecule has 160 valence electrons. The minimum absolute atomic E-state index is 0.218. The van der Waals surface area contributed by atoms with Gasteiger partial charge in [-0.05, 0) is 49.1 Å². The summed E-state index contributed by atoms with van der Waals surface area (Å²) in [5, 5.41) is -0.926. The van der Waals surface area contributed by atoms with E-state index in [1.165, 1.54) is 0 Å². The Hall–Kier alpha value is -3.18. The minimum Gasteiger partial charge on any atom is -0.452 e. The Morgan fingerprint density at radius 3 is 2.00 bits per heavy atom. The van der Waals surface area contributed by atoms with Crippen LogP contribution in [-0.4, -0.2) is 19.6 Å². The maximum absolute atomic E-state index is 13.6. The average Bonchev–Trinajstić information content (AvgIpc) is 2.82. The first kappa shape index (κ1) is 22.5. The van der Waals surface area contributed by atoms with Crippen molar-refractivity contribution in [2.75, 3.05) is 0 Å². The van der Waals surface area contributed by atoms with Gasteiger partial charge in [-0.25, -0.2) is 13.2 Å². The van der Waals surface area contributed by atoms with E-state index in [0.29, 0.717) is 30.4 Å². The number of benzene rings is 3. The molecule has 0 aliphatic rings. The third kappa shape index (κ3) is 5.70. The smallest absolute Gasteiger partial charge is 0.338 e. The third-order valence-corrected chi connectivity index (χ3v) is 7.29. The van der Waals surface area contributed by atoms with Crippen molar-refractivity contribution in [2.24, 2.45) is 0 Å². The highest BCUT2D eigenvalue weighted by molar-refractivity contribution is 7.92. The molecular weight excluding hydrogens is 408 g/mol. The lowest BCUT2D eigenvalue weighted by Gasteiger charge is -2.27. The summed E-state index contributed by atoms with van der Waals surface area (Å²) >= 11 is 0. The van der Waals surface area contributed by atoms with E-state index in [1.807, 2.05) is 24.3 Å². The molecule has 0 aliphatic heterocycles. The maximum atomic E-state index is 13.6. The zero-order valence-corrected chi connectivity index (χ0v) is 18.1. The van der Waals surface area contributed by atoms with Gasteiger partial charge in [-0.15, -0.1) is 6.58 Å². The molecule has 2 unspecified atom stereocenters. The van der Waals surface area contributed by atoms with Crippen LogP contribution in [0, 0.1) is 0 Å². The summed E-state index contributed by atoms with van der Waals surface area (Å²) in [4.78, 5) is 13.1. The van der Waals surface area contributed by atoms with Crippen LogP contribution < -0.4 is 0 Å². The highest BCUT2D eigenvalue weighted by Crippen LogP contribution is 2.34. The van der Waals surface area contributed by atoms with Crippen molar-refractivity contribution in [1.29, 1.82) is 0 Å². The standard InChI is InChI=1S/C26H26O4S/c1-2-3-7-20-24(31(28,29)23-18-12-6-13-19-23)25(21-14-8-4-9-15-21)30-26(27)22-16-10-5-11-17-22/h2,4-6,8-19,24-25H,1,3,7,20H2. The second-order valence-corrected chi connectivity index (χ2v) is 9.39. The first-order valence-corrected chi connectivity index (χ1v) is 11.8. The van der Waals surface area contributed by atoms with E-state index in [0.717, 1.165) is 0 Å². The number of rotatable bonds is 10. The molecule has 4 nitrogen and oxygen atoms in total. The number of sulfone groups is 1. The molecular formula is C26H26O4S. The third-order valence-electron chi connectivity index (χ3n) is 5.08. The molecule has 0 spiro atoms. The Morgan fingerprint density at radius 1 is 0.871 bits per heavy atom. The van der Waals surface area contributed by atoms with Gasteiger partial charge in [0.05, 0.1) is 10.5 Å². The molecule has 0 heterocycles. The zero-order valence-electron chi connectivity index (χ0n) is 17.3. The van der Waals surface area contributed by atoms with E-state index in [1.54, 1.807) is 72.8 Å². The molecule has 0 fully saturated rings. The largest absolute Gasteiger partial charge is 0.452 e. The van der Waals surface area contributed by atoms with E-state index in [-0.39, 0.29) is 4.90 Å². The summed E-state index contributed by atoms with van der Waals surface area (Å²) < 4.78 is 33.2. The van der Waals surface area contributed by atoms with Crippen LogP contribution in [-0.2, 0) is 14.6 Å². The van der Waals surface area contributed by atoms with Crippen molar-refractivity contribution in [2.45, 2.75) is 35.5 Å². The SMILES string of the molecule is C=CCCCC(C(OC(=O)c1ccccc1)c1ccccc1)S(=O)(=O)c1ccccc1. The van der Waals surface area contributed by atoms with Crippen LogP contribution in [0.25, 0.3) is 0 Å². The van der Waals surface area contributed by atoms with Crippen molar-refractivity contribution < 1.29 is 17.9 Å². The zero-order chi connectivity index (χ0) is 22.1. The Kier molecular flexibility index (Phi) is 7.79. The number of esters is 1. The first-order chi connectivity index (χ1) is 15.0. The summed E-state index contributed by atoms with van der Waals surface area (Å²) in [6, 6.07) is 26.0. The average molecular weight is 435 g/mol. The molecule has 5 heteroatoms. The van der Waals surface area contributed by atoms with Crippen LogP contribution >= 0.6 is 0 Å². The van der Waals surface area contributed by atoms with Crippen molar-refractivity contribution in [3.05, 3.63) is 115 Å². The molecule has 3 aromatic carbocycles. The topological polar surface area (TPSA) is 60.4 Å². The van der Waals surface area contributed by atoms with Crippen molar-refractivity contribution in [3.63, 3.8) is 0 Å². The van der Waals surface area contributed by atoms with Crippen LogP contribution in [0.4, 0.5) is 0 Å². The van der Waals surface area contributed by atoms with Gasteiger partial charge in [0.1, 0.15) is 11.4 Å². The molecule has 3 aromatic rings. The lowest BCUT2D eigenvalue weighted by molar-refractivity contribution is 0.0280. The lowest BCUT2D eigenvalue weighted by atomic mass is 10.0. The van der Waals surface area contributed by atoms with Crippen molar-refractivity contribution in [3.8, 4) is 0 Å². The van der Waals surface area contributed by atoms with Gasteiger partial charge >= 0.3 is 5.97 Å². The summed E-state index contributed by atoms with van der Waals surface area (Å²) in [6.07, 6.45) is 2.45. The van der Waals surface area contributed by atoms with Gasteiger partial charge in [-0.3, -0.25) is 0 Å². The first-order valence-electron chi connectivity index (χ1n) is 10.2. The molecule has 0 amide bonds. The lowest BCUT2D eigenvalue weighted by Crippen LogP contribution is -2.32. The number of allylic oxidation sites excluding steroid dienone is 1. The van der Waals surface area contributed by atoms with Crippen LogP contribution in [0.1, 0.15) is 41.3 Å². The quantitative estimate of drug-likeness (QED) is 0.230. The predicted molar refractivity (Wildman–Crippen MR) is 123 cm³/mol. The van der Waals surface area contributed by atoms with Gasteiger partial charge < -0.3 is 4.74 Å². The van der Waals surface area contributed by atoms with E-state index in [4.69, 9.17) is 4.74 Å². The molecule has 0 radical (unpaired) electrons. The monoisotopic (exact) mass is 434 g/mol. The van der Waals surface area contributed by atoms with Gasteiger partial charge in [0.25, 0.3) is 0 Å². The molecule has 31 heavy (non-hydrogen) atoms. The number of carbonyl (C=O) groups is 1. The minimum atomic E-state index is -3.77. The van der Waals surface area contributed by atoms with Crippen molar-refractivity contribution in [1.82, 2.24) is 0 Å². The normalized spacial score (nSPS) is 13.2. The number of unbranched alkanes of at least 4 members (excludes halogenated alkanes) is 1. The second-order valence-electron chi connectivity index (χ2n) is 7.22. The Balaban J connectivity index is 2.04. The van der Waals surface area contributed by atoms with Crippen LogP contribution in [0.15, 0.2) is 109 Å². The van der Waals surface area contributed by atoms with E-state index in [2.05, 4.69) is 6.58 Å². The van der Waals surface area contributed by atoms with Crippen molar-refractivity contribution >= 4 is 15.8 Å². The summed E-state index contributed by atoms with van der Waals surface area (Å²) in [7, 11) is -3.77. The highest BCUT2D eigenvalue weighted by Gasteiger charge is 2.38. The Bertz CT molecular complexity index is 1080. The predicted octanol–water partition coefficient (Wildman–Crippen LogP) is 5.78. The molecule has 0 N–H and O–H groups in total. The van der Waals surface area contributed by atoms with Crippen LogP contribution in [0.3, 0.4) is 0 Å². The summed E-state index contributed by atoms with van der Waals surface area (Å²) in [5.41, 5.74) is 1.03. The Labute approximate surface area is 184 Å². The van der Waals surface area contributed by atoms with Gasteiger partial charge in [0.15, 0.2) is 9.84 Å². The molecule has 0 saturated carbocycles. The molecule has 3 rings (SSSR count). The number of ether oxygens (including phenoxy) is 1. The molecule has 0 aromatic heterocycles. The fourth-order valence-corrected chi connectivity index (χ4v) is 5.38. The number of carbonyl (C=O) groups excluding carboxylic acids is 1. The second kappa shape index (κ2) is 10.7. The number of hydrogen-bond acceptors (Lipinski definition) is 4. The highest BCUT2D eigenvalue weighted by atomic mass is 32.2. The summed E-state index contributed by atoms with van der Waals surface area (Å²) in [5.74, 6) is -0.550. The van der Waals surface area contributed by atoms with Gasteiger partial charge in [0, 0.05) is 0 Å².